The van der Waals surface area contributed by atoms with Crippen molar-refractivity contribution < 1.29 is 13.6 Å². The quantitative estimate of drug-likeness (QED) is 0.849. The van der Waals surface area contributed by atoms with E-state index in [0.717, 1.165) is 24.0 Å². The highest BCUT2D eigenvalue weighted by molar-refractivity contribution is 5.91. The number of aryl methyl sites for hydroxylation is 2. The van der Waals surface area contributed by atoms with Crippen molar-refractivity contribution in [2.75, 3.05) is 7.05 Å². The van der Waals surface area contributed by atoms with E-state index in [9.17, 15) is 13.6 Å². The standard InChI is InChI=1S/C13H17F2N5O/c1-4-19-8-10(9(2)16-19)7-18(3)12(21)11-5-6-20(17-11)13(14)15/h5-6,8,13H,4,7H2,1-3H3. The fourth-order valence-electron chi connectivity index (χ4n) is 1.96. The lowest BCUT2D eigenvalue weighted by Gasteiger charge is -2.15. The Morgan fingerprint density at radius 3 is 2.67 bits per heavy atom. The maximum absolute atomic E-state index is 12.5. The molecule has 0 saturated heterocycles. The molecule has 0 radical (unpaired) electrons. The van der Waals surface area contributed by atoms with Gasteiger partial charge in [-0.1, -0.05) is 0 Å². The lowest BCUT2D eigenvalue weighted by atomic mass is 10.2. The van der Waals surface area contributed by atoms with Crippen LogP contribution in [0.15, 0.2) is 18.5 Å². The smallest absolute Gasteiger partial charge is 0.333 e. The maximum Gasteiger partial charge on any atom is 0.333 e. The highest BCUT2D eigenvalue weighted by atomic mass is 19.3. The predicted molar refractivity (Wildman–Crippen MR) is 71.9 cm³/mol. The number of amides is 1. The molecule has 8 heteroatoms. The van der Waals surface area contributed by atoms with Gasteiger partial charge in [-0.25, -0.2) is 4.68 Å². The zero-order valence-electron chi connectivity index (χ0n) is 12.1. The van der Waals surface area contributed by atoms with Crippen molar-refractivity contribution in [3.8, 4) is 0 Å². The Hall–Kier alpha value is -2.25. The molecule has 0 unspecified atom stereocenters. The van der Waals surface area contributed by atoms with Crippen LogP contribution in [0.25, 0.3) is 0 Å². The van der Waals surface area contributed by atoms with Crippen molar-refractivity contribution in [2.24, 2.45) is 0 Å². The number of rotatable bonds is 5. The fourth-order valence-corrected chi connectivity index (χ4v) is 1.96. The number of nitrogens with zero attached hydrogens (tertiary/aromatic N) is 5. The Morgan fingerprint density at radius 2 is 2.14 bits per heavy atom. The molecular formula is C13H17F2N5O. The molecule has 0 spiro atoms. The molecule has 0 bridgehead atoms. The van der Waals surface area contributed by atoms with Crippen LogP contribution in [0.2, 0.25) is 0 Å². The topological polar surface area (TPSA) is 56.0 Å². The number of hydrogen-bond acceptors (Lipinski definition) is 3. The minimum atomic E-state index is -2.75. The number of hydrogen-bond donors (Lipinski definition) is 0. The Kier molecular flexibility index (Phi) is 4.35. The van der Waals surface area contributed by atoms with Gasteiger partial charge in [-0.05, 0) is 19.9 Å². The molecule has 6 nitrogen and oxygen atoms in total. The van der Waals surface area contributed by atoms with Crippen LogP contribution < -0.4 is 0 Å². The van der Waals surface area contributed by atoms with Crippen LogP contribution in [-0.4, -0.2) is 37.4 Å². The molecule has 0 saturated carbocycles. The van der Waals surface area contributed by atoms with Gasteiger partial charge in [0.2, 0.25) is 0 Å². The van der Waals surface area contributed by atoms with Gasteiger partial charge in [0.15, 0.2) is 5.69 Å². The molecule has 0 fully saturated rings. The van der Waals surface area contributed by atoms with Gasteiger partial charge in [0.1, 0.15) is 0 Å². The summed E-state index contributed by atoms with van der Waals surface area (Å²) in [7, 11) is 1.60. The Morgan fingerprint density at radius 1 is 1.43 bits per heavy atom. The van der Waals surface area contributed by atoms with Gasteiger partial charge < -0.3 is 4.90 Å². The van der Waals surface area contributed by atoms with E-state index in [2.05, 4.69) is 10.2 Å². The Labute approximate surface area is 121 Å². The first kappa shape index (κ1) is 15.1. The largest absolute Gasteiger partial charge is 0.336 e. The van der Waals surface area contributed by atoms with E-state index in [1.165, 1.54) is 11.0 Å². The summed E-state index contributed by atoms with van der Waals surface area (Å²) >= 11 is 0. The van der Waals surface area contributed by atoms with Crippen LogP contribution in [0.1, 0.15) is 35.2 Å². The van der Waals surface area contributed by atoms with Crippen LogP contribution in [0.3, 0.4) is 0 Å². The molecule has 2 heterocycles. The van der Waals surface area contributed by atoms with Gasteiger partial charge in [0, 0.05) is 38.1 Å². The Balaban J connectivity index is 2.09. The molecule has 0 aliphatic rings. The average molecular weight is 297 g/mol. The van der Waals surface area contributed by atoms with Crippen molar-refractivity contribution in [3.05, 3.63) is 35.4 Å². The zero-order chi connectivity index (χ0) is 15.6. The number of carbonyl (C=O) groups is 1. The van der Waals surface area contributed by atoms with Crippen molar-refractivity contribution in [1.82, 2.24) is 24.5 Å². The first-order chi connectivity index (χ1) is 9.92. The molecule has 2 rings (SSSR count). The fraction of sp³-hybridized carbons (Fsp3) is 0.462. The Bertz CT molecular complexity index is 634. The van der Waals surface area contributed by atoms with Gasteiger partial charge in [-0.3, -0.25) is 9.48 Å². The third-order valence-electron chi connectivity index (χ3n) is 3.15. The van der Waals surface area contributed by atoms with Gasteiger partial charge in [-0.2, -0.15) is 19.0 Å². The highest BCUT2D eigenvalue weighted by Gasteiger charge is 2.18. The third-order valence-corrected chi connectivity index (χ3v) is 3.15. The number of aromatic nitrogens is 4. The molecule has 1 amide bonds. The van der Waals surface area contributed by atoms with Crippen molar-refractivity contribution in [1.29, 1.82) is 0 Å². The second-order valence-corrected chi connectivity index (χ2v) is 4.72. The minimum absolute atomic E-state index is 0.00154. The first-order valence-electron chi connectivity index (χ1n) is 6.54. The molecule has 2 aromatic heterocycles. The summed E-state index contributed by atoms with van der Waals surface area (Å²) in [6.45, 7) is 2.19. The predicted octanol–water partition coefficient (Wildman–Crippen LogP) is 2.08. The molecule has 114 valence electrons. The van der Waals surface area contributed by atoms with E-state index in [1.54, 1.807) is 11.7 Å². The van der Waals surface area contributed by atoms with E-state index in [1.807, 2.05) is 20.0 Å². The summed E-state index contributed by atoms with van der Waals surface area (Å²) < 4.78 is 27.1. The van der Waals surface area contributed by atoms with Crippen LogP contribution >= 0.6 is 0 Å². The molecule has 0 aliphatic heterocycles. The van der Waals surface area contributed by atoms with Crippen LogP contribution in [0.5, 0.6) is 0 Å². The summed E-state index contributed by atoms with van der Waals surface area (Å²) in [5.41, 5.74) is 1.76. The van der Waals surface area contributed by atoms with Crippen LogP contribution in [0.4, 0.5) is 8.78 Å². The second-order valence-electron chi connectivity index (χ2n) is 4.72. The average Bonchev–Trinajstić information content (AvgIpc) is 3.05. The van der Waals surface area contributed by atoms with E-state index >= 15 is 0 Å². The summed E-state index contributed by atoms with van der Waals surface area (Å²) in [6.07, 6.45) is 2.96. The summed E-state index contributed by atoms with van der Waals surface area (Å²) in [5.74, 6) is -0.405. The SMILES string of the molecule is CCn1cc(CN(C)C(=O)c2ccn(C(F)F)n2)c(C)n1. The molecule has 0 aliphatic carbocycles. The normalized spacial score (nSPS) is 11.1. The van der Waals surface area contributed by atoms with Crippen molar-refractivity contribution >= 4 is 5.91 Å². The molecule has 21 heavy (non-hydrogen) atoms. The molecule has 0 atom stereocenters. The zero-order valence-corrected chi connectivity index (χ0v) is 12.1. The van der Waals surface area contributed by atoms with Gasteiger partial charge in [-0.15, -0.1) is 0 Å². The van der Waals surface area contributed by atoms with E-state index in [-0.39, 0.29) is 5.69 Å². The number of halogens is 2. The summed E-state index contributed by atoms with van der Waals surface area (Å²) in [6, 6.07) is 1.29. The summed E-state index contributed by atoms with van der Waals surface area (Å²) in [5, 5.41) is 7.87. The molecular weight excluding hydrogens is 280 g/mol. The highest BCUT2D eigenvalue weighted by Crippen LogP contribution is 2.13. The summed E-state index contributed by atoms with van der Waals surface area (Å²) in [4.78, 5) is 13.6. The van der Waals surface area contributed by atoms with E-state index in [0.29, 0.717) is 11.2 Å². The van der Waals surface area contributed by atoms with Crippen LogP contribution in [-0.2, 0) is 13.1 Å². The van der Waals surface area contributed by atoms with Crippen LogP contribution in [0, 0.1) is 6.92 Å². The number of carbonyl (C=O) groups excluding carboxylic acids is 1. The number of alkyl halides is 2. The molecule has 0 N–H and O–H groups in total. The third kappa shape index (κ3) is 3.26. The first-order valence-corrected chi connectivity index (χ1v) is 6.54. The van der Waals surface area contributed by atoms with Gasteiger partial charge >= 0.3 is 6.55 Å². The van der Waals surface area contributed by atoms with Gasteiger partial charge in [0.25, 0.3) is 5.91 Å². The van der Waals surface area contributed by atoms with Crippen molar-refractivity contribution in [3.63, 3.8) is 0 Å². The lowest BCUT2D eigenvalue weighted by Crippen LogP contribution is -2.27. The second kappa shape index (κ2) is 6.02. The van der Waals surface area contributed by atoms with E-state index < -0.39 is 12.5 Å². The molecule has 2 aromatic rings. The maximum atomic E-state index is 12.5. The minimum Gasteiger partial charge on any atom is -0.336 e. The van der Waals surface area contributed by atoms with Crippen molar-refractivity contribution in [2.45, 2.75) is 33.5 Å². The monoisotopic (exact) mass is 297 g/mol. The van der Waals surface area contributed by atoms with Gasteiger partial charge in [0.05, 0.1) is 5.69 Å². The molecule has 0 aromatic carbocycles. The van der Waals surface area contributed by atoms with E-state index in [4.69, 9.17) is 0 Å². The lowest BCUT2D eigenvalue weighted by molar-refractivity contribution is 0.0553.